The van der Waals surface area contributed by atoms with Crippen LogP contribution in [0.1, 0.15) is 27.7 Å². The van der Waals surface area contributed by atoms with Crippen LogP contribution in [0.25, 0.3) is 0 Å². The fourth-order valence-corrected chi connectivity index (χ4v) is 1.32. The van der Waals surface area contributed by atoms with E-state index in [0.717, 1.165) is 0 Å². The van der Waals surface area contributed by atoms with Crippen LogP contribution < -0.4 is 15.4 Å². The fourth-order valence-electron chi connectivity index (χ4n) is 1.32. The van der Waals surface area contributed by atoms with E-state index >= 15 is 0 Å². The summed E-state index contributed by atoms with van der Waals surface area (Å²) in [6.45, 7) is 8.24. The van der Waals surface area contributed by atoms with Gasteiger partial charge in [0.1, 0.15) is 5.75 Å². The highest BCUT2D eigenvalue weighted by Crippen LogP contribution is 2.23. The Balaban J connectivity index is 2.65. The maximum absolute atomic E-state index is 11.9. The second-order valence-corrected chi connectivity index (χ2v) is 5.39. The number of carbonyl (C=O) groups excluding carboxylic acids is 1. The van der Waals surface area contributed by atoms with E-state index in [2.05, 4.69) is 31.4 Å². The van der Waals surface area contributed by atoms with Gasteiger partial charge in [-0.1, -0.05) is 32.9 Å². The number of carbonyl (C=O) groups is 1. The van der Waals surface area contributed by atoms with Gasteiger partial charge in [-0.15, -0.1) is 0 Å². The minimum absolute atomic E-state index is 0.0259. The van der Waals surface area contributed by atoms with Gasteiger partial charge in [0.25, 0.3) is 0 Å². The van der Waals surface area contributed by atoms with E-state index in [1.807, 2.05) is 25.1 Å². The fraction of sp³-hybridized carbons (Fsp3) is 0.500. The summed E-state index contributed by atoms with van der Waals surface area (Å²) in [6.07, 6.45) is 0. The van der Waals surface area contributed by atoms with Crippen LogP contribution >= 0.6 is 0 Å². The molecule has 4 nitrogen and oxygen atoms in total. The molecule has 0 aliphatic carbocycles. The summed E-state index contributed by atoms with van der Waals surface area (Å²) in [5.41, 5.74) is 0.691. The molecule has 2 amide bonds. The number of hydrogen-bond donors (Lipinski definition) is 2. The van der Waals surface area contributed by atoms with Gasteiger partial charge >= 0.3 is 6.03 Å². The normalized spacial score (nSPS) is 12.7. The molecule has 0 heterocycles. The lowest BCUT2D eigenvalue weighted by Crippen LogP contribution is -2.43. The van der Waals surface area contributed by atoms with Crippen molar-refractivity contribution >= 4 is 11.7 Å². The number of benzene rings is 1. The summed E-state index contributed by atoms with van der Waals surface area (Å²) in [5, 5.41) is 5.70. The van der Waals surface area contributed by atoms with Gasteiger partial charge in [0.05, 0.1) is 12.8 Å². The molecule has 100 valence electrons. The summed E-state index contributed by atoms with van der Waals surface area (Å²) < 4.78 is 5.18. The minimum atomic E-state index is -0.220. The van der Waals surface area contributed by atoms with E-state index in [1.54, 1.807) is 13.2 Å². The number of rotatable bonds is 3. The third-order valence-corrected chi connectivity index (χ3v) is 3.00. The highest BCUT2D eigenvalue weighted by atomic mass is 16.5. The first-order valence-electron chi connectivity index (χ1n) is 6.05. The van der Waals surface area contributed by atoms with Gasteiger partial charge < -0.3 is 15.4 Å². The zero-order valence-corrected chi connectivity index (χ0v) is 11.7. The second kappa shape index (κ2) is 5.76. The summed E-state index contributed by atoms with van der Waals surface area (Å²) in [6, 6.07) is 7.18. The Bertz CT molecular complexity index is 411. The first-order chi connectivity index (χ1) is 8.34. The summed E-state index contributed by atoms with van der Waals surface area (Å²) in [4.78, 5) is 11.9. The summed E-state index contributed by atoms with van der Waals surface area (Å²) in [5.74, 6) is 0.649. The zero-order valence-electron chi connectivity index (χ0n) is 11.7. The topological polar surface area (TPSA) is 50.4 Å². The molecule has 1 aromatic rings. The molecule has 18 heavy (non-hydrogen) atoms. The molecular weight excluding hydrogens is 228 g/mol. The van der Waals surface area contributed by atoms with Gasteiger partial charge in [0, 0.05) is 6.04 Å². The van der Waals surface area contributed by atoms with Crippen LogP contribution in [-0.4, -0.2) is 19.2 Å². The highest BCUT2D eigenvalue weighted by Gasteiger charge is 2.21. The molecular formula is C14H22N2O2. The number of hydrogen-bond acceptors (Lipinski definition) is 2. The molecule has 0 bridgehead atoms. The van der Waals surface area contributed by atoms with Crippen molar-refractivity contribution < 1.29 is 9.53 Å². The van der Waals surface area contributed by atoms with Gasteiger partial charge in [-0.2, -0.15) is 0 Å². The molecule has 0 radical (unpaired) electrons. The van der Waals surface area contributed by atoms with Crippen LogP contribution in [0.15, 0.2) is 24.3 Å². The second-order valence-electron chi connectivity index (χ2n) is 5.39. The number of nitrogens with one attached hydrogen (secondary N) is 2. The summed E-state index contributed by atoms with van der Waals surface area (Å²) >= 11 is 0. The van der Waals surface area contributed by atoms with Crippen LogP contribution in [0.4, 0.5) is 10.5 Å². The SMILES string of the molecule is COc1ccccc1NC(=O)NC(C)C(C)(C)C. The van der Waals surface area contributed by atoms with Gasteiger partial charge in [-0.25, -0.2) is 4.79 Å². The molecule has 0 aliphatic heterocycles. The largest absolute Gasteiger partial charge is 0.495 e. The van der Waals surface area contributed by atoms with E-state index in [1.165, 1.54) is 0 Å². The van der Waals surface area contributed by atoms with E-state index in [4.69, 9.17) is 4.74 Å². The molecule has 1 aromatic carbocycles. The smallest absolute Gasteiger partial charge is 0.319 e. The van der Waals surface area contributed by atoms with Crippen molar-refractivity contribution in [3.63, 3.8) is 0 Å². The number of amides is 2. The van der Waals surface area contributed by atoms with Crippen LogP contribution in [0.2, 0.25) is 0 Å². The van der Waals surface area contributed by atoms with Crippen molar-refractivity contribution in [1.82, 2.24) is 5.32 Å². The summed E-state index contributed by atoms with van der Waals surface area (Å²) in [7, 11) is 1.58. The van der Waals surface area contributed by atoms with Crippen molar-refractivity contribution in [2.75, 3.05) is 12.4 Å². The first-order valence-corrected chi connectivity index (χ1v) is 6.05. The molecule has 1 unspecified atom stereocenters. The van der Waals surface area contributed by atoms with E-state index in [-0.39, 0.29) is 17.5 Å². The van der Waals surface area contributed by atoms with Gasteiger partial charge in [-0.05, 0) is 24.5 Å². The number of methoxy groups -OCH3 is 1. The predicted octanol–water partition coefficient (Wildman–Crippen LogP) is 3.25. The monoisotopic (exact) mass is 250 g/mol. The number of anilines is 1. The number of urea groups is 1. The molecule has 0 fully saturated rings. The quantitative estimate of drug-likeness (QED) is 0.865. The lowest BCUT2D eigenvalue weighted by molar-refractivity contribution is 0.233. The lowest BCUT2D eigenvalue weighted by Gasteiger charge is -2.28. The molecule has 0 saturated heterocycles. The van der Waals surface area contributed by atoms with Gasteiger partial charge in [0.2, 0.25) is 0 Å². The van der Waals surface area contributed by atoms with Crippen LogP contribution in [0, 0.1) is 5.41 Å². The highest BCUT2D eigenvalue weighted by molar-refractivity contribution is 5.91. The Morgan fingerprint density at radius 2 is 1.89 bits per heavy atom. The molecule has 0 spiro atoms. The van der Waals surface area contributed by atoms with E-state index in [0.29, 0.717) is 11.4 Å². The molecule has 1 atom stereocenters. The third kappa shape index (κ3) is 3.95. The van der Waals surface area contributed by atoms with Crippen molar-refractivity contribution in [2.24, 2.45) is 5.41 Å². The average molecular weight is 250 g/mol. The van der Waals surface area contributed by atoms with Crippen LogP contribution in [-0.2, 0) is 0 Å². The maximum Gasteiger partial charge on any atom is 0.319 e. The molecule has 0 aromatic heterocycles. The van der Waals surface area contributed by atoms with Crippen molar-refractivity contribution in [2.45, 2.75) is 33.7 Å². The predicted molar refractivity (Wildman–Crippen MR) is 74.1 cm³/mol. The Morgan fingerprint density at radius 1 is 1.28 bits per heavy atom. The third-order valence-electron chi connectivity index (χ3n) is 3.00. The Hall–Kier alpha value is -1.71. The van der Waals surface area contributed by atoms with Gasteiger partial charge in [-0.3, -0.25) is 0 Å². The van der Waals surface area contributed by atoms with Crippen molar-refractivity contribution in [3.8, 4) is 5.75 Å². The average Bonchev–Trinajstić information content (AvgIpc) is 2.28. The maximum atomic E-state index is 11.9. The molecule has 4 heteroatoms. The number of para-hydroxylation sites is 2. The Labute approximate surface area is 109 Å². The molecule has 2 N–H and O–H groups in total. The minimum Gasteiger partial charge on any atom is -0.495 e. The standard InChI is InChI=1S/C14H22N2O2/c1-10(14(2,3)4)15-13(17)16-11-8-6-7-9-12(11)18-5/h6-10H,1-5H3,(H2,15,16,17). The number of ether oxygens (including phenoxy) is 1. The molecule has 0 aliphatic rings. The van der Waals surface area contributed by atoms with Crippen molar-refractivity contribution in [3.05, 3.63) is 24.3 Å². The molecule has 0 saturated carbocycles. The zero-order chi connectivity index (χ0) is 13.8. The first kappa shape index (κ1) is 14.4. The molecule has 1 rings (SSSR count). The Morgan fingerprint density at radius 3 is 2.44 bits per heavy atom. The van der Waals surface area contributed by atoms with Crippen LogP contribution in [0.3, 0.4) is 0 Å². The lowest BCUT2D eigenvalue weighted by atomic mass is 9.88. The van der Waals surface area contributed by atoms with Gasteiger partial charge in [0.15, 0.2) is 0 Å². The Kier molecular flexibility index (Phi) is 4.59. The van der Waals surface area contributed by atoms with E-state index in [9.17, 15) is 4.79 Å². The van der Waals surface area contributed by atoms with E-state index < -0.39 is 0 Å². The van der Waals surface area contributed by atoms with Crippen LogP contribution in [0.5, 0.6) is 5.75 Å². The van der Waals surface area contributed by atoms with Crippen molar-refractivity contribution in [1.29, 1.82) is 0 Å².